The number of alkyl halides is 3. The number of halogens is 3. The number of aryl methyl sites for hydroxylation is 1. The molecular weight excluding hydrogens is 411 g/mol. The van der Waals surface area contributed by atoms with Gasteiger partial charge in [0.1, 0.15) is 5.75 Å². The van der Waals surface area contributed by atoms with Crippen LogP contribution in [0, 0.1) is 6.92 Å². The molecule has 0 saturated carbocycles. The summed E-state index contributed by atoms with van der Waals surface area (Å²) in [5.41, 5.74) is 1.69. The van der Waals surface area contributed by atoms with E-state index in [9.17, 15) is 18.0 Å². The largest absolute Gasteiger partial charge is 0.484 e. The monoisotopic (exact) mass is 427 g/mol. The van der Waals surface area contributed by atoms with Crippen LogP contribution in [0.15, 0.2) is 60.7 Å². The first-order valence-electron chi connectivity index (χ1n) is 9.19. The Morgan fingerprint density at radius 1 is 1.06 bits per heavy atom. The maximum absolute atomic E-state index is 12.8. The maximum atomic E-state index is 12.8. The molecule has 0 saturated heterocycles. The molecule has 10 heteroatoms. The molecule has 2 aromatic heterocycles. The summed E-state index contributed by atoms with van der Waals surface area (Å²) < 4.78 is 45.1. The van der Waals surface area contributed by atoms with Gasteiger partial charge in [-0.25, -0.2) is 0 Å². The van der Waals surface area contributed by atoms with Crippen LogP contribution in [0.3, 0.4) is 0 Å². The Hall–Kier alpha value is -3.95. The van der Waals surface area contributed by atoms with Crippen molar-refractivity contribution in [1.29, 1.82) is 0 Å². The van der Waals surface area contributed by atoms with Crippen molar-refractivity contribution >= 4 is 17.2 Å². The van der Waals surface area contributed by atoms with Crippen molar-refractivity contribution in [3.63, 3.8) is 0 Å². The fourth-order valence-electron chi connectivity index (χ4n) is 2.91. The molecule has 31 heavy (non-hydrogen) atoms. The number of nitrogens with zero attached hydrogens (tertiary/aromatic N) is 4. The lowest BCUT2D eigenvalue weighted by atomic mass is 10.1. The molecule has 0 aliphatic carbocycles. The molecule has 0 aliphatic rings. The number of ether oxygens (including phenoxy) is 1. The van der Waals surface area contributed by atoms with Crippen molar-refractivity contribution in [2.75, 3.05) is 11.9 Å². The fourth-order valence-corrected chi connectivity index (χ4v) is 2.91. The second-order valence-electron chi connectivity index (χ2n) is 6.68. The van der Waals surface area contributed by atoms with Crippen LogP contribution in [0.5, 0.6) is 5.75 Å². The van der Waals surface area contributed by atoms with Gasteiger partial charge in [0.15, 0.2) is 18.1 Å². The molecule has 0 fully saturated rings. The van der Waals surface area contributed by atoms with E-state index < -0.39 is 24.3 Å². The molecule has 7 nitrogen and oxygen atoms in total. The topological polar surface area (TPSA) is 81.4 Å². The Balaban J connectivity index is 1.44. The second kappa shape index (κ2) is 8.05. The lowest BCUT2D eigenvalue weighted by Gasteiger charge is -2.11. The van der Waals surface area contributed by atoms with Crippen molar-refractivity contribution in [2.24, 2.45) is 0 Å². The Kier molecular flexibility index (Phi) is 5.28. The number of carbonyl (C=O) groups is 1. The van der Waals surface area contributed by atoms with Gasteiger partial charge in [-0.1, -0.05) is 18.2 Å². The summed E-state index contributed by atoms with van der Waals surface area (Å²) in [6.07, 6.45) is -4.48. The summed E-state index contributed by atoms with van der Waals surface area (Å²) in [5, 5.41) is 15.1. The summed E-state index contributed by atoms with van der Waals surface area (Å²) in [6.45, 7) is 1.35. The number of nitrogens with one attached hydrogen (secondary N) is 1. The molecule has 1 amide bonds. The van der Waals surface area contributed by atoms with Crippen molar-refractivity contribution in [1.82, 2.24) is 19.8 Å². The highest BCUT2D eigenvalue weighted by Gasteiger charge is 2.30. The van der Waals surface area contributed by atoms with E-state index in [1.807, 2.05) is 6.07 Å². The molecule has 0 aliphatic heterocycles. The number of anilines is 1. The molecular formula is C21H16F3N5O2. The van der Waals surface area contributed by atoms with Crippen LogP contribution in [0.25, 0.3) is 16.9 Å². The lowest BCUT2D eigenvalue weighted by molar-refractivity contribution is -0.137. The van der Waals surface area contributed by atoms with Crippen molar-refractivity contribution < 1.29 is 22.7 Å². The van der Waals surface area contributed by atoms with Crippen LogP contribution in [0.4, 0.5) is 18.9 Å². The summed E-state index contributed by atoms with van der Waals surface area (Å²) in [4.78, 5) is 12.2. The Morgan fingerprint density at radius 2 is 1.87 bits per heavy atom. The minimum atomic E-state index is -4.48. The van der Waals surface area contributed by atoms with Crippen LogP contribution in [-0.2, 0) is 11.0 Å². The molecule has 158 valence electrons. The van der Waals surface area contributed by atoms with Crippen LogP contribution in [0.2, 0.25) is 0 Å². The third-order valence-corrected chi connectivity index (χ3v) is 4.39. The average molecular weight is 427 g/mol. The molecule has 0 bridgehead atoms. The van der Waals surface area contributed by atoms with E-state index in [1.165, 1.54) is 12.1 Å². The maximum Gasteiger partial charge on any atom is 0.416 e. The molecule has 0 radical (unpaired) electrons. The highest BCUT2D eigenvalue weighted by Crippen LogP contribution is 2.31. The number of carbonyl (C=O) groups excluding carboxylic acids is 1. The number of aromatic nitrogens is 4. The Bertz CT molecular complexity index is 1250. The van der Waals surface area contributed by atoms with Crippen LogP contribution in [0.1, 0.15) is 11.4 Å². The standard InChI is InChI=1S/C21H16F3N5O2/c1-13-26-27-19-9-8-18(28-29(13)19)14-4-2-6-16(10-14)25-20(30)12-31-17-7-3-5-15(11-17)21(22,23)24/h2-11H,12H2,1H3,(H,25,30). The highest BCUT2D eigenvalue weighted by molar-refractivity contribution is 5.92. The Morgan fingerprint density at radius 3 is 2.68 bits per heavy atom. The SMILES string of the molecule is Cc1nnc2ccc(-c3cccc(NC(=O)COc4cccc(C(F)(F)F)c4)c3)nn12. The van der Waals surface area contributed by atoms with Gasteiger partial charge in [0.25, 0.3) is 5.91 Å². The number of benzene rings is 2. The van der Waals surface area contributed by atoms with Gasteiger partial charge in [-0.2, -0.15) is 22.8 Å². The van der Waals surface area contributed by atoms with Gasteiger partial charge in [-0.15, -0.1) is 10.2 Å². The summed E-state index contributed by atoms with van der Waals surface area (Å²) >= 11 is 0. The van der Waals surface area contributed by atoms with E-state index in [-0.39, 0.29) is 5.75 Å². The van der Waals surface area contributed by atoms with Crippen molar-refractivity contribution in [3.05, 3.63) is 72.1 Å². The molecule has 2 heterocycles. The first-order chi connectivity index (χ1) is 14.8. The van der Waals surface area contributed by atoms with Gasteiger partial charge in [-0.3, -0.25) is 4.79 Å². The van der Waals surface area contributed by atoms with Crippen LogP contribution >= 0.6 is 0 Å². The minimum absolute atomic E-state index is 0.0412. The van der Waals surface area contributed by atoms with E-state index in [4.69, 9.17) is 4.74 Å². The number of hydrogen-bond acceptors (Lipinski definition) is 5. The average Bonchev–Trinajstić information content (AvgIpc) is 3.12. The second-order valence-corrected chi connectivity index (χ2v) is 6.68. The predicted molar refractivity (Wildman–Crippen MR) is 107 cm³/mol. The van der Waals surface area contributed by atoms with E-state index in [0.29, 0.717) is 22.9 Å². The zero-order valence-electron chi connectivity index (χ0n) is 16.2. The van der Waals surface area contributed by atoms with Crippen LogP contribution < -0.4 is 10.1 Å². The van der Waals surface area contributed by atoms with Gasteiger partial charge in [0.05, 0.1) is 11.3 Å². The molecule has 2 aromatic carbocycles. The number of amides is 1. The molecule has 4 rings (SSSR count). The van der Waals surface area contributed by atoms with E-state index >= 15 is 0 Å². The first-order valence-corrected chi connectivity index (χ1v) is 9.19. The molecule has 0 atom stereocenters. The van der Waals surface area contributed by atoms with Crippen LogP contribution in [-0.4, -0.2) is 32.3 Å². The summed E-state index contributed by atoms with van der Waals surface area (Å²) in [6, 6.07) is 15.0. The lowest BCUT2D eigenvalue weighted by Crippen LogP contribution is -2.20. The smallest absolute Gasteiger partial charge is 0.416 e. The van der Waals surface area contributed by atoms with Crippen molar-refractivity contribution in [3.8, 4) is 17.0 Å². The summed E-state index contributed by atoms with van der Waals surface area (Å²) in [5.74, 6) is 0.0983. The highest BCUT2D eigenvalue weighted by atomic mass is 19.4. The van der Waals surface area contributed by atoms with Gasteiger partial charge in [-0.05, 0) is 49.4 Å². The van der Waals surface area contributed by atoms with E-state index in [1.54, 1.807) is 41.8 Å². The quantitative estimate of drug-likeness (QED) is 0.518. The molecule has 4 aromatic rings. The zero-order chi connectivity index (χ0) is 22.0. The molecule has 0 unspecified atom stereocenters. The molecule has 0 spiro atoms. The number of fused-ring (bicyclic) bond motifs is 1. The summed E-state index contributed by atoms with van der Waals surface area (Å²) in [7, 11) is 0. The third-order valence-electron chi connectivity index (χ3n) is 4.39. The molecule has 1 N–H and O–H groups in total. The van der Waals surface area contributed by atoms with Gasteiger partial charge >= 0.3 is 6.18 Å². The van der Waals surface area contributed by atoms with E-state index in [2.05, 4.69) is 20.6 Å². The van der Waals surface area contributed by atoms with Crippen molar-refractivity contribution in [2.45, 2.75) is 13.1 Å². The van der Waals surface area contributed by atoms with Gasteiger partial charge in [0, 0.05) is 11.3 Å². The Labute approximate surface area is 174 Å². The first kappa shape index (κ1) is 20.3. The van der Waals surface area contributed by atoms with E-state index in [0.717, 1.165) is 17.7 Å². The number of hydrogen-bond donors (Lipinski definition) is 1. The fraction of sp³-hybridized carbons (Fsp3) is 0.143. The predicted octanol–water partition coefficient (Wildman–Crippen LogP) is 4.14. The number of rotatable bonds is 5. The van der Waals surface area contributed by atoms with Gasteiger partial charge < -0.3 is 10.1 Å². The zero-order valence-corrected chi connectivity index (χ0v) is 16.2. The minimum Gasteiger partial charge on any atom is -0.484 e. The third kappa shape index (κ3) is 4.63. The normalized spacial score (nSPS) is 11.5. The van der Waals surface area contributed by atoms with Gasteiger partial charge in [0.2, 0.25) is 0 Å².